The summed E-state index contributed by atoms with van der Waals surface area (Å²) in [7, 11) is 0. The van der Waals surface area contributed by atoms with Gasteiger partial charge in [-0.1, -0.05) is 37.3 Å². The van der Waals surface area contributed by atoms with Crippen LogP contribution in [0.15, 0.2) is 42.5 Å². The van der Waals surface area contributed by atoms with E-state index < -0.39 is 12.1 Å². The quantitative estimate of drug-likeness (QED) is 0.695. The number of esters is 1. The zero-order valence-corrected chi connectivity index (χ0v) is 15.6. The van der Waals surface area contributed by atoms with Crippen LogP contribution in [0.25, 0.3) is 0 Å². The van der Waals surface area contributed by atoms with Crippen LogP contribution in [0.2, 0.25) is 0 Å². The standard InChI is InChI=1S/C19H22N2O4S/c1-3-15(18(23)20-11-14-7-5-4-6-8-14)25-17(22)12-21-19(24)16-10-9-13(2)26-16/h4-10,15H,3,11-12H2,1-2H3,(H,20,23)(H,21,24)/t15-/m0/s1. The normalized spacial score (nSPS) is 11.5. The molecule has 1 aromatic heterocycles. The highest BCUT2D eigenvalue weighted by Crippen LogP contribution is 2.14. The van der Waals surface area contributed by atoms with Crippen molar-refractivity contribution in [2.45, 2.75) is 32.9 Å². The molecule has 2 N–H and O–H groups in total. The number of hydrogen-bond acceptors (Lipinski definition) is 5. The van der Waals surface area contributed by atoms with Gasteiger partial charge in [0.1, 0.15) is 6.54 Å². The van der Waals surface area contributed by atoms with Crippen molar-refractivity contribution in [3.05, 3.63) is 57.8 Å². The van der Waals surface area contributed by atoms with Gasteiger partial charge >= 0.3 is 5.97 Å². The van der Waals surface area contributed by atoms with Crippen LogP contribution in [0.5, 0.6) is 0 Å². The van der Waals surface area contributed by atoms with E-state index in [2.05, 4.69) is 10.6 Å². The third kappa shape index (κ3) is 6.00. The number of ether oxygens (including phenoxy) is 1. The Morgan fingerprint density at radius 3 is 2.42 bits per heavy atom. The van der Waals surface area contributed by atoms with Crippen LogP contribution < -0.4 is 10.6 Å². The van der Waals surface area contributed by atoms with Gasteiger partial charge < -0.3 is 15.4 Å². The molecule has 0 unspecified atom stereocenters. The second-order valence-electron chi connectivity index (χ2n) is 5.68. The smallest absolute Gasteiger partial charge is 0.326 e. The maximum Gasteiger partial charge on any atom is 0.326 e. The zero-order chi connectivity index (χ0) is 18.9. The summed E-state index contributed by atoms with van der Waals surface area (Å²) in [6.45, 7) is 3.74. The van der Waals surface area contributed by atoms with Crippen molar-refractivity contribution in [2.24, 2.45) is 0 Å². The molecule has 1 heterocycles. The van der Waals surface area contributed by atoms with E-state index in [0.29, 0.717) is 17.8 Å². The Bertz CT molecular complexity index is 758. The maximum atomic E-state index is 12.2. The minimum atomic E-state index is -0.882. The number of aryl methyl sites for hydroxylation is 1. The van der Waals surface area contributed by atoms with Crippen molar-refractivity contribution < 1.29 is 19.1 Å². The molecular weight excluding hydrogens is 352 g/mol. The van der Waals surface area contributed by atoms with Gasteiger partial charge in [0.15, 0.2) is 6.10 Å². The molecule has 2 amide bonds. The summed E-state index contributed by atoms with van der Waals surface area (Å²) in [5.41, 5.74) is 0.959. The van der Waals surface area contributed by atoms with Gasteiger partial charge in [-0.25, -0.2) is 0 Å². The first kappa shape index (κ1) is 19.7. The largest absolute Gasteiger partial charge is 0.451 e. The molecule has 26 heavy (non-hydrogen) atoms. The summed E-state index contributed by atoms with van der Waals surface area (Å²) in [6, 6.07) is 13.0. The minimum absolute atomic E-state index is 0.280. The molecule has 1 aromatic carbocycles. The topological polar surface area (TPSA) is 84.5 Å². The Hall–Kier alpha value is -2.67. The van der Waals surface area contributed by atoms with Crippen LogP contribution >= 0.6 is 11.3 Å². The number of rotatable bonds is 8. The fourth-order valence-corrected chi connectivity index (χ4v) is 3.00. The first-order valence-corrected chi connectivity index (χ1v) is 9.17. The molecule has 7 heteroatoms. The molecule has 0 bridgehead atoms. The fourth-order valence-electron chi connectivity index (χ4n) is 2.22. The molecule has 0 spiro atoms. The lowest BCUT2D eigenvalue weighted by atomic mass is 10.2. The third-order valence-electron chi connectivity index (χ3n) is 3.60. The van der Waals surface area contributed by atoms with E-state index in [0.717, 1.165) is 10.4 Å². The SMILES string of the molecule is CC[C@H](OC(=O)CNC(=O)c1ccc(C)s1)C(=O)NCc1ccccc1. The molecule has 2 aromatic rings. The monoisotopic (exact) mass is 374 g/mol. The van der Waals surface area contributed by atoms with E-state index in [1.165, 1.54) is 11.3 Å². The van der Waals surface area contributed by atoms with E-state index in [1.807, 2.05) is 43.3 Å². The van der Waals surface area contributed by atoms with Gasteiger partial charge in [-0.2, -0.15) is 0 Å². The van der Waals surface area contributed by atoms with Crippen molar-refractivity contribution in [3.63, 3.8) is 0 Å². The summed E-state index contributed by atoms with van der Waals surface area (Å²) in [4.78, 5) is 37.6. The number of amides is 2. The third-order valence-corrected chi connectivity index (χ3v) is 4.60. The average Bonchev–Trinajstić information content (AvgIpc) is 3.09. The molecule has 6 nitrogen and oxygen atoms in total. The lowest BCUT2D eigenvalue weighted by molar-refractivity contribution is -0.155. The van der Waals surface area contributed by atoms with Gasteiger partial charge in [0.2, 0.25) is 0 Å². The minimum Gasteiger partial charge on any atom is -0.451 e. The fraction of sp³-hybridized carbons (Fsp3) is 0.316. The highest BCUT2D eigenvalue weighted by atomic mass is 32.1. The lowest BCUT2D eigenvalue weighted by Crippen LogP contribution is -2.39. The second kappa shape index (κ2) is 9.72. The van der Waals surface area contributed by atoms with Crippen molar-refractivity contribution in [1.29, 1.82) is 0 Å². The Morgan fingerprint density at radius 1 is 1.08 bits per heavy atom. The average molecular weight is 374 g/mol. The Labute approximate surface area is 156 Å². The predicted molar refractivity (Wildman–Crippen MR) is 99.8 cm³/mol. The van der Waals surface area contributed by atoms with Crippen LogP contribution in [0, 0.1) is 6.92 Å². The van der Waals surface area contributed by atoms with E-state index in [4.69, 9.17) is 4.74 Å². The molecule has 0 aliphatic heterocycles. The van der Waals surface area contributed by atoms with Crippen molar-refractivity contribution >= 4 is 29.1 Å². The molecule has 0 saturated heterocycles. The van der Waals surface area contributed by atoms with Crippen LogP contribution in [-0.2, 0) is 20.9 Å². The molecule has 0 aliphatic carbocycles. The lowest BCUT2D eigenvalue weighted by Gasteiger charge is -2.16. The van der Waals surface area contributed by atoms with Crippen molar-refractivity contribution in [2.75, 3.05) is 6.54 Å². The number of carbonyl (C=O) groups is 3. The number of nitrogens with one attached hydrogen (secondary N) is 2. The van der Waals surface area contributed by atoms with Gasteiger partial charge in [0.25, 0.3) is 11.8 Å². The second-order valence-corrected chi connectivity index (χ2v) is 6.97. The van der Waals surface area contributed by atoms with Gasteiger partial charge in [0, 0.05) is 11.4 Å². The van der Waals surface area contributed by atoms with Crippen molar-refractivity contribution in [3.8, 4) is 0 Å². The van der Waals surface area contributed by atoms with E-state index in [1.54, 1.807) is 13.0 Å². The van der Waals surface area contributed by atoms with E-state index in [9.17, 15) is 14.4 Å². The number of benzene rings is 1. The Balaban J connectivity index is 1.77. The summed E-state index contributed by atoms with van der Waals surface area (Å²) in [5, 5.41) is 5.25. The predicted octanol–water partition coefficient (Wildman–Crippen LogP) is 2.42. The highest BCUT2D eigenvalue weighted by Gasteiger charge is 2.21. The van der Waals surface area contributed by atoms with Gasteiger partial charge in [0.05, 0.1) is 4.88 Å². The van der Waals surface area contributed by atoms with Crippen LogP contribution in [0.4, 0.5) is 0 Å². The molecule has 1 atom stereocenters. The Morgan fingerprint density at radius 2 is 1.81 bits per heavy atom. The van der Waals surface area contributed by atoms with Gasteiger partial charge in [-0.3, -0.25) is 14.4 Å². The van der Waals surface area contributed by atoms with E-state index in [-0.39, 0.29) is 18.4 Å². The zero-order valence-electron chi connectivity index (χ0n) is 14.8. The summed E-state index contributed by atoms with van der Waals surface area (Å²) in [6.07, 6.45) is -0.531. The molecule has 0 radical (unpaired) electrons. The number of carbonyl (C=O) groups excluding carboxylic acids is 3. The van der Waals surface area contributed by atoms with Crippen LogP contribution in [-0.4, -0.2) is 30.4 Å². The molecule has 0 saturated carbocycles. The maximum absolute atomic E-state index is 12.2. The Kier molecular flexibility index (Phi) is 7.35. The van der Waals surface area contributed by atoms with E-state index >= 15 is 0 Å². The van der Waals surface area contributed by atoms with Crippen LogP contribution in [0.1, 0.15) is 33.5 Å². The summed E-state index contributed by atoms with van der Waals surface area (Å²) >= 11 is 1.35. The summed E-state index contributed by atoms with van der Waals surface area (Å²) < 4.78 is 5.18. The number of hydrogen-bond donors (Lipinski definition) is 2. The van der Waals surface area contributed by atoms with Gasteiger partial charge in [-0.05, 0) is 31.0 Å². The first-order valence-electron chi connectivity index (χ1n) is 8.35. The number of thiophene rings is 1. The summed E-state index contributed by atoms with van der Waals surface area (Å²) in [5.74, 6) is -1.33. The van der Waals surface area contributed by atoms with Crippen LogP contribution in [0.3, 0.4) is 0 Å². The first-order chi connectivity index (χ1) is 12.5. The molecular formula is C19H22N2O4S. The van der Waals surface area contributed by atoms with Gasteiger partial charge in [-0.15, -0.1) is 11.3 Å². The molecule has 0 fully saturated rings. The molecule has 138 valence electrons. The molecule has 0 aliphatic rings. The van der Waals surface area contributed by atoms with Crippen molar-refractivity contribution in [1.82, 2.24) is 10.6 Å². The molecule has 2 rings (SSSR count). The highest BCUT2D eigenvalue weighted by molar-refractivity contribution is 7.13.